The average Bonchev–Trinajstić information content (AvgIpc) is 3.28. The molecule has 1 aliphatic rings. The molecule has 2 aromatic heterocycles. The molecule has 0 aliphatic carbocycles. The van der Waals surface area contributed by atoms with Gasteiger partial charge >= 0.3 is 0 Å². The Bertz CT molecular complexity index is 1270. The lowest BCUT2D eigenvalue weighted by molar-refractivity contribution is 0.379. The molecule has 0 saturated carbocycles. The number of pyridine rings is 1. The van der Waals surface area contributed by atoms with Crippen LogP contribution >= 0.6 is 0 Å². The minimum Gasteiger partial charge on any atom is -0.497 e. The van der Waals surface area contributed by atoms with E-state index in [0.29, 0.717) is 39.8 Å². The van der Waals surface area contributed by atoms with Gasteiger partial charge in [-0.25, -0.2) is 0 Å². The number of hydrogen-bond acceptors (Lipinski definition) is 7. The number of nitrogens with zero attached hydrogens (tertiary/aromatic N) is 2. The average molecular weight is 419 g/mol. The van der Waals surface area contributed by atoms with E-state index in [0.717, 1.165) is 0 Å². The third-order valence-electron chi connectivity index (χ3n) is 5.33. The second-order valence-corrected chi connectivity index (χ2v) is 7.07. The molecule has 0 fully saturated rings. The molecule has 31 heavy (non-hydrogen) atoms. The third-order valence-corrected chi connectivity index (χ3v) is 5.33. The summed E-state index contributed by atoms with van der Waals surface area (Å²) >= 11 is 0. The summed E-state index contributed by atoms with van der Waals surface area (Å²) in [6.07, 6.45) is 1.55. The van der Waals surface area contributed by atoms with Gasteiger partial charge in [-0.05, 0) is 37.3 Å². The van der Waals surface area contributed by atoms with Gasteiger partial charge in [-0.1, -0.05) is 0 Å². The fourth-order valence-corrected chi connectivity index (χ4v) is 3.82. The molecule has 1 aromatic carbocycles. The summed E-state index contributed by atoms with van der Waals surface area (Å²) in [5.41, 5.74) is 7.46. The molecule has 8 nitrogen and oxygen atoms in total. The molecule has 3 aromatic rings. The quantitative estimate of drug-likeness (QED) is 0.676. The Hall–Kier alpha value is -4.12. The van der Waals surface area contributed by atoms with Crippen LogP contribution in [0.3, 0.4) is 0 Å². The van der Waals surface area contributed by atoms with Crippen molar-refractivity contribution in [1.29, 1.82) is 5.26 Å². The van der Waals surface area contributed by atoms with E-state index in [1.165, 1.54) is 7.11 Å². The van der Waals surface area contributed by atoms with Crippen molar-refractivity contribution in [3.05, 3.63) is 87.1 Å². The molecule has 2 N–H and O–H groups in total. The Morgan fingerprint density at radius 2 is 2.03 bits per heavy atom. The standard InChI is InChI=1S/C23H21N3O5/c1-13-9-19-21(23(27)26(13)12-15-5-4-8-30-15)20(17(11-24)22(25)31-19)16-10-14(28-2)6-7-18(16)29-3/h4-10,20H,12,25H2,1-3H3/t20-/m0/s1. The number of aryl methyl sites for hydroxylation is 1. The highest BCUT2D eigenvalue weighted by molar-refractivity contribution is 5.59. The molecule has 0 amide bonds. The fraction of sp³-hybridized carbons (Fsp3) is 0.217. The van der Waals surface area contributed by atoms with Crippen LogP contribution in [-0.4, -0.2) is 18.8 Å². The second kappa shape index (κ2) is 7.95. The maximum absolute atomic E-state index is 13.7. The van der Waals surface area contributed by atoms with Crippen molar-refractivity contribution in [2.45, 2.75) is 19.4 Å². The molecule has 3 heterocycles. The first-order valence-corrected chi connectivity index (χ1v) is 9.54. The van der Waals surface area contributed by atoms with Gasteiger partial charge in [0.1, 0.15) is 34.7 Å². The van der Waals surface area contributed by atoms with E-state index in [4.69, 9.17) is 24.4 Å². The van der Waals surface area contributed by atoms with Crippen LogP contribution in [0.2, 0.25) is 0 Å². The van der Waals surface area contributed by atoms with Gasteiger partial charge in [-0.2, -0.15) is 5.26 Å². The molecule has 0 unspecified atom stereocenters. The van der Waals surface area contributed by atoms with Crippen molar-refractivity contribution >= 4 is 0 Å². The van der Waals surface area contributed by atoms with E-state index in [-0.39, 0.29) is 23.6 Å². The Labute approximate surface area is 178 Å². The van der Waals surface area contributed by atoms with E-state index >= 15 is 0 Å². The predicted octanol–water partition coefficient (Wildman–Crippen LogP) is 3.03. The number of fused-ring (bicyclic) bond motifs is 1. The highest BCUT2D eigenvalue weighted by Gasteiger charge is 2.36. The monoisotopic (exact) mass is 419 g/mol. The Morgan fingerprint density at radius 3 is 2.68 bits per heavy atom. The van der Waals surface area contributed by atoms with Crippen LogP contribution < -0.4 is 25.5 Å². The topological polar surface area (TPSA) is 113 Å². The summed E-state index contributed by atoms with van der Waals surface area (Å²) in [4.78, 5) is 13.7. The summed E-state index contributed by atoms with van der Waals surface area (Å²) in [6, 6.07) is 12.6. The molecular formula is C23H21N3O5. The van der Waals surface area contributed by atoms with E-state index in [2.05, 4.69) is 6.07 Å². The van der Waals surface area contributed by atoms with Gasteiger partial charge in [0, 0.05) is 17.3 Å². The minimum absolute atomic E-state index is 0.0487. The maximum Gasteiger partial charge on any atom is 0.259 e. The zero-order valence-electron chi connectivity index (χ0n) is 17.3. The number of aromatic nitrogens is 1. The van der Waals surface area contributed by atoms with E-state index in [1.807, 2.05) is 0 Å². The van der Waals surface area contributed by atoms with Gasteiger partial charge in [-0.15, -0.1) is 0 Å². The van der Waals surface area contributed by atoms with Crippen LogP contribution in [0.4, 0.5) is 0 Å². The van der Waals surface area contributed by atoms with Gasteiger partial charge in [0.15, 0.2) is 0 Å². The van der Waals surface area contributed by atoms with Crippen LogP contribution in [0, 0.1) is 18.3 Å². The van der Waals surface area contributed by atoms with E-state index < -0.39 is 5.92 Å². The number of nitrogens with two attached hydrogens (primary N) is 1. The Kier molecular flexibility index (Phi) is 5.17. The molecule has 8 heteroatoms. The summed E-state index contributed by atoms with van der Waals surface area (Å²) in [5.74, 6) is 1.17. The third kappa shape index (κ3) is 3.40. The van der Waals surface area contributed by atoms with Crippen molar-refractivity contribution in [3.63, 3.8) is 0 Å². The molecule has 0 bridgehead atoms. The molecule has 1 aliphatic heterocycles. The van der Waals surface area contributed by atoms with E-state index in [9.17, 15) is 10.1 Å². The summed E-state index contributed by atoms with van der Waals surface area (Å²) < 4.78 is 23.6. The highest BCUT2D eigenvalue weighted by atomic mass is 16.5. The second-order valence-electron chi connectivity index (χ2n) is 7.07. The lowest BCUT2D eigenvalue weighted by atomic mass is 9.83. The normalized spacial score (nSPS) is 15.1. The SMILES string of the molecule is COc1ccc(OC)c([C@H]2C(C#N)=C(N)Oc3cc(C)n(Cc4ccco4)c(=O)c32)c1. The lowest BCUT2D eigenvalue weighted by Gasteiger charge is -2.28. The van der Waals surface area contributed by atoms with Crippen molar-refractivity contribution in [2.24, 2.45) is 5.73 Å². The molecule has 0 spiro atoms. The molecule has 0 radical (unpaired) electrons. The number of methoxy groups -OCH3 is 2. The number of allylic oxidation sites excluding steroid dienone is 1. The van der Waals surface area contributed by atoms with Crippen molar-refractivity contribution in [1.82, 2.24) is 4.57 Å². The molecule has 4 rings (SSSR count). The number of hydrogen-bond donors (Lipinski definition) is 1. The first-order valence-electron chi connectivity index (χ1n) is 9.54. The van der Waals surface area contributed by atoms with Crippen LogP contribution in [0.1, 0.15) is 28.5 Å². The van der Waals surface area contributed by atoms with Crippen LogP contribution in [-0.2, 0) is 6.54 Å². The zero-order valence-corrected chi connectivity index (χ0v) is 17.3. The predicted molar refractivity (Wildman–Crippen MR) is 112 cm³/mol. The van der Waals surface area contributed by atoms with Crippen molar-refractivity contribution in [2.75, 3.05) is 14.2 Å². The Morgan fingerprint density at radius 1 is 1.23 bits per heavy atom. The number of benzene rings is 1. The maximum atomic E-state index is 13.7. The van der Waals surface area contributed by atoms with Gasteiger partial charge in [-0.3, -0.25) is 4.79 Å². The minimum atomic E-state index is -0.783. The molecule has 158 valence electrons. The largest absolute Gasteiger partial charge is 0.497 e. The fourth-order valence-electron chi connectivity index (χ4n) is 3.82. The summed E-state index contributed by atoms with van der Waals surface area (Å²) in [5, 5.41) is 9.87. The first kappa shape index (κ1) is 20.2. The lowest BCUT2D eigenvalue weighted by Crippen LogP contribution is -2.33. The van der Waals surface area contributed by atoms with Gasteiger partial charge in [0.25, 0.3) is 5.56 Å². The highest BCUT2D eigenvalue weighted by Crippen LogP contribution is 2.44. The number of ether oxygens (including phenoxy) is 3. The number of nitriles is 1. The molecule has 0 saturated heterocycles. The molecular weight excluding hydrogens is 398 g/mol. The summed E-state index contributed by atoms with van der Waals surface area (Å²) in [6.45, 7) is 2.04. The van der Waals surface area contributed by atoms with Crippen LogP contribution in [0.15, 0.2) is 63.3 Å². The van der Waals surface area contributed by atoms with E-state index in [1.54, 1.807) is 61.3 Å². The Balaban J connectivity index is 1.99. The number of furan rings is 1. The van der Waals surface area contributed by atoms with Crippen LogP contribution in [0.5, 0.6) is 17.2 Å². The summed E-state index contributed by atoms with van der Waals surface area (Å²) in [7, 11) is 3.06. The van der Waals surface area contributed by atoms with Crippen LogP contribution in [0.25, 0.3) is 0 Å². The number of rotatable bonds is 5. The first-order chi connectivity index (χ1) is 15.0. The smallest absolute Gasteiger partial charge is 0.259 e. The van der Waals surface area contributed by atoms with Crippen molar-refractivity contribution < 1.29 is 18.6 Å². The van der Waals surface area contributed by atoms with Gasteiger partial charge < -0.3 is 28.9 Å². The zero-order chi connectivity index (χ0) is 22.1. The van der Waals surface area contributed by atoms with Gasteiger partial charge in [0.05, 0.1) is 38.5 Å². The molecule has 1 atom stereocenters. The van der Waals surface area contributed by atoms with Crippen molar-refractivity contribution in [3.8, 4) is 23.3 Å². The van der Waals surface area contributed by atoms with Gasteiger partial charge in [0.2, 0.25) is 5.88 Å².